The fourth-order valence-electron chi connectivity index (χ4n) is 0.993. The summed E-state index contributed by atoms with van der Waals surface area (Å²) in [6, 6.07) is 0. The molecule has 0 aliphatic rings. The molecule has 16 heavy (non-hydrogen) atoms. The Balaban J connectivity index is 4.07. The molecule has 0 aromatic heterocycles. The lowest BCUT2D eigenvalue weighted by atomic mass is 10.3. The lowest BCUT2D eigenvalue weighted by Gasteiger charge is -2.13. The maximum absolute atomic E-state index is 11.6. The number of carbonyl (C=O) groups excluding carboxylic acids is 2. The van der Waals surface area contributed by atoms with Gasteiger partial charge in [-0.1, -0.05) is 51.4 Å². The first-order chi connectivity index (χ1) is 7.05. The molecule has 0 aliphatic heterocycles. The third-order valence-corrected chi connectivity index (χ3v) is 6.20. The molecule has 2 nitrogen and oxygen atoms in total. The summed E-state index contributed by atoms with van der Waals surface area (Å²) in [5, 5.41) is 0.702. The Morgan fingerprint density at radius 3 is 1.19 bits per heavy atom. The van der Waals surface area contributed by atoms with E-state index in [-0.39, 0.29) is 0 Å². The number of rotatable bonds is 6. The average Bonchev–Trinajstić information content (AvgIpc) is 2.08. The van der Waals surface area contributed by atoms with Gasteiger partial charge in [0.25, 0.3) is 0 Å². The second kappa shape index (κ2) is 5.73. The first-order valence-corrected chi connectivity index (χ1v) is 12.8. The van der Waals surface area contributed by atoms with E-state index >= 15 is 0 Å². The van der Waals surface area contributed by atoms with Gasteiger partial charge < -0.3 is 9.59 Å². The fraction of sp³-hybridized carbons (Fsp3) is 0.667. The summed E-state index contributed by atoms with van der Waals surface area (Å²) in [5.74, 6) is 0. The van der Waals surface area contributed by atoms with Crippen molar-refractivity contribution >= 4 is 27.0 Å². The Morgan fingerprint density at radius 2 is 1.00 bits per heavy atom. The number of carbonyl (C=O) groups is 2. The maximum Gasteiger partial charge on any atom is 0.124 e. The Morgan fingerprint density at radius 1 is 0.750 bits per heavy atom. The highest BCUT2D eigenvalue weighted by Crippen LogP contribution is 2.08. The van der Waals surface area contributed by atoms with Crippen LogP contribution in [0.5, 0.6) is 0 Å². The summed E-state index contributed by atoms with van der Waals surface area (Å²) in [7, 11) is -3.28. The minimum absolute atomic E-state index is 0.351. The SMILES string of the molecule is C[Si](C)(C)C(=O)C/C=C/CC(=O)[Si](C)(C)C. The van der Waals surface area contributed by atoms with Gasteiger partial charge in [0.1, 0.15) is 27.0 Å². The normalized spacial score (nSPS) is 13.1. The Bertz CT molecular complexity index is 263. The highest BCUT2D eigenvalue weighted by molar-refractivity contribution is 7.04. The van der Waals surface area contributed by atoms with Crippen molar-refractivity contribution in [3.63, 3.8) is 0 Å². The van der Waals surface area contributed by atoms with E-state index in [1.807, 2.05) is 12.2 Å². The standard InChI is InChI=1S/C12H24O2Si2/c1-15(2,3)11(13)9-7-8-10-12(14)16(4,5)6/h7-8H,9-10H2,1-6H3/b8-7+. The summed E-state index contributed by atoms with van der Waals surface area (Å²) in [6.07, 6.45) is 4.71. The minimum atomic E-state index is -1.64. The molecule has 0 radical (unpaired) electrons. The summed E-state index contributed by atoms with van der Waals surface area (Å²) >= 11 is 0. The quantitative estimate of drug-likeness (QED) is 0.540. The van der Waals surface area contributed by atoms with Crippen LogP contribution in [0.3, 0.4) is 0 Å². The first-order valence-electron chi connectivity index (χ1n) is 5.77. The van der Waals surface area contributed by atoms with Crippen LogP contribution in [0.25, 0.3) is 0 Å². The van der Waals surface area contributed by atoms with Crippen LogP contribution < -0.4 is 0 Å². The minimum Gasteiger partial charge on any atom is -0.305 e. The Kier molecular flexibility index (Phi) is 5.55. The monoisotopic (exact) mass is 256 g/mol. The van der Waals surface area contributed by atoms with E-state index < -0.39 is 16.1 Å². The molecule has 0 rings (SSSR count). The van der Waals surface area contributed by atoms with Gasteiger partial charge in [-0.05, 0) is 0 Å². The van der Waals surface area contributed by atoms with Gasteiger partial charge in [0, 0.05) is 12.8 Å². The summed E-state index contributed by atoms with van der Waals surface area (Å²) in [6.45, 7) is 12.3. The van der Waals surface area contributed by atoms with Crippen LogP contribution in [-0.4, -0.2) is 27.0 Å². The molecule has 0 saturated heterocycles. The van der Waals surface area contributed by atoms with Crippen LogP contribution in [-0.2, 0) is 9.59 Å². The smallest absolute Gasteiger partial charge is 0.124 e. The van der Waals surface area contributed by atoms with E-state index in [1.54, 1.807) is 0 Å². The van der Waals surface area contributed by atoms with E-state index in [0.717, 1.165) is 0 Å². The highest BCUT2D eigenvalue weighted by atomic mass is 28.3. The van der Waals surface area contributed by atoms with Gasteiger partial charge in [-0.15, -0.1) is 0 Å². The molecule has 0 atom stereocenters. The van der Waals surface area contributed by atoms with E-state index in [2.05, 4.69) is 39.3 Å². The zero-order valence-corrected chi connectivity index (χ0v) is 13.4. The van der Waals surface area contributed by atoms with Gasteiger partial charge >= 0.3 is 0 Å². The van der Waals surface area contributed by atoms with Gasteiger partial charge in [0.05, 0.1) is 0 Å². The molecule has 0 N–H and O–H groups in total. The second-order valence-corrected chi connectivity index (χ2v) is 16.3. The van der Waals surface area contributed by atoms with Crippen molar-refractivity contribution in [2.45, 2.75) is 52.1 Å². The molecular weight excluding hydrogens is 232 g/mol. The molecule has 0 bridgehead atoms. The topological polar surface area (TPSA) is 34.1 Å². The average molecular weight is 256 g/mol. The molecule has 0 aromatic rings. The molecule has 0 amide bonds. The molecular formula is C12H24O2Si2. The van der Waals surface area contributed by atoms with Gasteiger partial charge in [0.15, 0.2) is 0 Å². The van der Waals surface area contributed by atoms with E-state index in [0.29, 0.717) is 23.7 Å². The lowest BCUT2D eigenvalue weighted by Crippen LogP contribution is -2.33. The molecule has 0 heterocycles. The third-order valence-electron chi connectivity index (χ3n) is 2.45. The molecule has 4 heteroatoms. The molecule has 0 aromatic carbocycles. The molecule has 0 spiro atoms. The van der Waals surface area contributed by atoms with Crippen molar-refractivity contribution in [3.8, 4) is 0 Å². The van der Waals surface area contributed by atoms with Crippen LogP contribution in [0.1, 0.15) is 12.8 Å². The molecule has 0 unspecified atom stereocenters. The van der Waals surface area contributed by atoms with Crippen molar-refractivity contribution < 1.29 is 9.59 Å². The lowest BCUT2D eigenvalue weighted by molar-refractivity contribution is -0.113. The second-order valence-electron chi connectivity index (χ2n) is 6.23. The van der Waals surface area contributed by atoms with Crippen molar-refractivity contribution in [2.75, 3.05) is 0 Å². The largest absolute Gasteiger partial charge is 0.305 e. The molecule has 0 saturated carbocycles. The van der Waals surface area contributed by atoms with E-state index in [9.17, 15) is 9.59 Å². The number of hydrogen-bond donors (Lipinski definition) is 0. The fourth-order valence-corrected chi connectivity index (χ4v) is 2.45. The maximum atomic E-state index is 11.6. The van der Waals surface area contributed by atoms with Crippen molar-refractivity contribution in [3.05, 3.63) is 12.2 Å². The predicted molar refractivity (Wildman–Crippen MR) is 75.1 cm³/mol. The number of allylic oxidation sites excluding steroid dienone is 2. The summed E-state index contributed by atoms with van der Waals surface area (Å²) in [4.78, 5) is 23.3. The van der Waals surface area contributed by atoms with Crippen LogP contribution in [0.15, 0.2) is 12.2 Å². The van der Waals surface area contributed by atoms with Crippen LogP contribution in [0, 0.1) is 0 Å². The summed E-state index contributed by atoms with van der Waals surface area (Å²) in [5.41, 5.74) is 0. The van der Waals surface area contributed by atoms with Crippen molar-refractivity contribution in [1.82, 2.24) is 0 Å². The van der Waals surface area contributed by atoms with E-state index in [4.69, 9.17) is 0 Å². The van der Waals surface area contributed by atoms with Crippen LogP contribution in [0.2, 0.25) is 39.3 Å². The zero-order chi connectivity index (χ0) is 13.0. The van der Waals surface area contributed by atoms with Crippen molar-refractivity contribution in [2.24, 2.45) is 0 Å². The van der Waals surface area contributed by atoms with Crippen LogP contribution >= 0.6 is 0 Å². The Hall–Kier alpha value is -0.486. The number of hydrogen-bond acceptors (Lipinski definition) is 2. The van der Waals surface area contributed by atoms with Gasteiger partial charge in [0.2, 0.25) is 0 Å². The first kappa shape index (κ1) is 15.5. The van der Waals surface area contributed by atoms with E-state index in [1.165, 1.54) is 0 Å². The molecule has 0 aliphatic carbocycles. The van der Waals surface area contributed by atoms with Gasteiger partial charge in [-0.2, -0.15) is 0 Å². The molecule has 0 fully saturated rings. The van der Waals surface area contributed by atoms with Gasteiger partial charge in [-0.3, -0.25) is 0 Å². The summed E-state index contributed by atoms with van der Waals surface area (Å²) < 4.78 is 0. The predicted octanol–water partition coefficient (Wildman–Crippen LogP) is 3.22. The highest BCUT2D eigenvalue weighted by Gasteiger charge is 2.23. The Labute approximate surface area is 101 Å². The van der Waals surface area contributed by atoms with Gasteiger partial charge in [-0.25, -0.2) is 0 Å². The van der Waals surface area contributed by atoms with Crippen LogP contribution in [0.4, 0.5) is 0 Å². The van der Waals surface area contributed by atoms with Crippen molar-refractivity contribution in [1.29, 1.82) is 0 Å². The third kappa shape index (κ3) is 6.17. The zero-order valence-electron chi connectivity index (χ0n) is 11.4. The molecule has 92 valence electrons.